The minimum Gasteiger partial charge on any atom is -0.350 e. The van der Waals surface area contributed by atoms with Crippen molar-refractivity contribution in [3.05, 3.63) is 82.9 Å². The van der Waals surface area contributed by atoms with E-state index in [1.54, 1.807) is 40.7 Å². The SMILES string of the molecule is CC(=O)c1ccc(NC(=O)c2ncn3c2C(=O)N(C2CC2)C(C)(C(=O)NCc2ccc(C)cc2)C3)cc1. The summed E-state index contributed by atoms with van der Waals surface area (Å²) in [5, 5.41) is 5.75. The van der Waals surface area contributed by atoms with Crippen LogP contribution in [0.2, 0.25) is 0 Å². The summed E-state index contributed by atoms with van der Waals surface area (Å²) < 4.78 is 1.60. The Kier molecular flexibility index (Phi) is 6.15. The number of fused-ring (bicyclic) bond motifs is 1. The highest BCUT2D eigenvalue weighted by atomic mass is 16.2. The molecule has 2 heterocycles. The van der Waals surface area contributed by atoms with Crippen molar-refractivity contribution in [2.24, 2.45) is 0 Å². The topological polar surface area (TPSA) is 113 Å². The van der Waals surface area contributed by atoms with Crippen LogP contribution in [0.25, 0.3) is 0 Å². The van der Waals surface area contributed by atoms with E-state index in [1.807, 2.05) is 31.2 Å². The molecule has 1 saturated carbocycles. The van der Waals surface area contributed by atoms with Gasteiger partial charge in [0.1, 0.15) is 11.2 Å². The maximum atomic E-state index is 13.8. The first-order chi connectivity index (χ1) is 17.7. The van der Waals surface area contributed by atoms with E-state index in [0.29, 0.717) is 17.8 Å². The zero-order valence-electron chi connectivity index (χ0n) is 21.1. The van der Waals surface area contributed by atoms with E-state index in [1.165, 1.54) is 13.3 Å². The Labute approximate surface area is 214 Å². The highest BCUT2D eigenvalue weighted by Crippen LogP contribution is 2.39. The molecule has 0 bridgehead atoms. The second-order valence-electron chi connectivity index (χ2n) is 10.0. The van der Waals surface area contributed by atoms with Crippen molar-refractivity contribution < 1.29 is 19.2 Å². The van der Waals surface area contributed by atoms with Gasteiger partial charge in [-0.15, -0.1) is 0 Å². The molecular weight excluding hydrogens is 470 g/mol. The second kappa shape index (κ2) is 9.31. The highest BCUT2D eigenvalue weighted by Gasteiger charge is 2.53. The van der Waals surface area contributed by atoms with Crippen LogP contribution < -0.4 is 10.6 Å². The van der Waals surface area contributed by atoms with Crippen LogP contribution >= 0.6 is 0 Å². The molecule has 2 aromatic carbocycles. The van der Waals surface area contributed by atoms with Crippen molar-refractivity contribution in [1.82, 2.24) is 19.8 Å². The van der Waals surface area contributed by atoms with E-state index in [0.717, 1.165) is 24.0 Å². The van der Waals surface area contributed by atoms with Crippen LogP contribution in [0.15, 0.2) is 54.9 Å². The summed E-state index contributed by atoms with van der Waals surface area (Å²) in [4.78, 5) is 57.7. The van der Waals surface area contributed by atoms with E-state index in [-0.39, 0.29) is 41.6 Å². The van der Waals surface area contributed by atoms with Crippen molar-refractivity contribution in [2.45, 2.75) is 58.3 Å². The predicted octanol–water partition coefficient (Wildman–Crippen LogP) is 3.34. The quantitative estimate of drug-likeness (QED) is 0.484. The van der Waals surface area contributed by atoms with E-state index < -0.39 is 11.4 Å². The van der Waals surface area contributed by atoms with Crippen LogP contribution in [0, 0.1) is 6.92 Å². The van der Waals surface area contributed by atoms with Gasteiger partial charge in [0, 0.05) is 23.8 Å². The largest absolute Gasteiger partial charge is 0.350 e. The van der Waals surface area contributed by atoms with Crippen LogP contribution in [-0.2, 0) is 17.9 Å². The predicted molar refractivity (Wildman–Crippen MR) is 137 cm³/mol. The van der Waals surface area contributed by atoms with Crippen LogP contribution in [-0.4, -0.2) is 49.5 Å². The summed E-state index contributed by atoms with van der Waals surface area (Å²) in [5.41, 5.74) is 2.20. The lowest BCUT2D eigenvalue weighted by Crippen LogP contribution is -2.64. The summed E-state index contributed by atoms with van der Waals surface area (Å²) in [6.45, 7) is 5.80. The molecule has 9 nitrogen and oxygen atoms in total. The lowest BCUT2D eigenvalue weighted by Gasteiger charge is -2.44. The van der Waals surface area contributed by atoms with Crippen LogP contribution in [0.3, 0.4) is 0 Å². The second-order valence-corrected chi connectivity index (χ2v) is 10.0. The molecule has 2 aliphatic rings. The Morgan fingerprint density at radius 3 is 2.35 bits per heavy atom. The third kappa shape index (κ3) is 4.64. The van der Waals surface area contributed by atoms with Gasteiger partial charge in [0.2, 0.25) is 5.91 Å². The maximum absolute atomic E-state index is 13.8. The summed E-state index contributed by atoms with van der Waals surface area (Å²) in [5.74, 6) is -1.22. The van der Waals surface area contributed by atoms with Gasteiger partial charge in [-0.2, -0.15) is 0 Å². The summed E-state index contributed by atoms with van der Waals surface area (Å²) in [6, 6.07) is 14.4. The molecule has 1 aliphatic carbocycles. The highest BCUT2D eigenvalue weighted by molar-refractivity contribution is 6.11. The first-order valence-corrected chi connectivity index (χ1v) is 12.3. The molecular formula is C28H29N5O4. The molecule has 0 spiro atoms. The smallest absolute Gasteiger partial charge is 0.276 e. The summed E-state index contributed by atoms with van der Waals surface area (Å²) >= 11 is 0. The zero-order chi connectivity index (χ0) is 26.3. The maximum Gasteiger partial charge on any atom is 0.276 e. The fourth-order valence-corrected chi connectivity index (χ4v) is 4.78. The van der Waals surface area contributed by atoms with Crippen LogP contribution in [0.5, 0.6) is 0 Å². The van der Waals surface area contributed by atoms with E-state index >= 15 is 0 Å². The minimum absolute atomic E-state index is 0.00779. The van der Waals surface area contributed by atoms with Gasteiger partial charge in [-0.1, -0.05) is 29.8 Å². The molecule has 0 radical (unpaired) electrons. The molecule has 0 saturated heterocycles. The van der Waals surface area contributed by atoms with Gasteiger partial charge < -0.3 is 20.1 Å². The third-order valence-corrected chi connectivity index (χ3v) is 7.01. The molecule has 9 heteroatoms. The Morgan fingerprint density at radius 1 is 1.05 bits per heavy atom. The number of carbonyl (C=O) groups excluding carboxylic acids is 4. The Balaban J connectivity index is 1.37. The standard InChI is InChI=1S/C28H29N5O4/c1-17-4-6-19(7-5-17)14-29-27(37)28(3)15-32-16-30-23(24(32)26(36)33(28)22-12-13-22)25(35)31-21-10-8-20(9-11-21)18(2)34/h4-11,16,22H,12-15H2,1-3H3,(H,29,37)(H,31,35). The number of imidazole rings is 1. The number of benzene rings is 2. The number of nitrogens with one attached hydrogen (secondary N) is 2. The number of Topliss-reactive ketones (excluding diaryl/α,β-unsaturated/α-hetero) is 1. The van der Waals surface area contributed by atoms with Crippen molar-refractivity contribution in [1.29, 1.82) is 0 Å². The molecule has 2 N–H and O–H groups in total. The number of anilines is 1. The van der Waals surface area contributed by atoms with Crippen LogP contribution in [0.4, 0.5) is 5.69 Å². The van der Waals surface area contributed by atoms with Gasteiger partial charge in [0.25, 0.3) is 11.8 Å². The molecule has 3 amide bonds. The van der Waals surface area contributed by atoms with Gasteiger partial charge in [0.15, 0.2) is 11.5 Å². The van der Waals surface area contributed by atoms with E-state index in [4.69, 9.17) is 0 Å². The average molecular weight is 500 g/mol. The molecule has 1 aromatic heterocycles. The lowest BCUT2D eigenvalue weighted by molar-refractivity contribution is -0.133. The van der Waals surface area contributed by atoms with Gasteiger partial charge in [0.05, 0.1) is 12.9 Å². The third-order valence-electron chi connectivity index (χ3n) is 7.01. The van der Waals surface area contributed by atoms with Gasteiger partial charge >= 0.3 is 0 Å². The molecule has 5 rings (SSSR count). The summed E-state index contributed by atoms with van der Waals surface area (Å²) in [7, 11) is 0. The molecule has 1 aliphatic heterocycles. The normalized spacial score (nSPS) is 18.8. The molecule has 1 atom stereocenters. The minimum atomic E-state index is -1.12. The monoisotopic (exact) mass is 499 g/mol. The number of aryl methyl sites for hydroxylation is 1. The summed E-state index contributed by atoms with van der Waals surface area (Å²) in [6.07, 6.45) is 3.06. The van der Waals surface area contributed by atoms with E-state index in [2.05, 4.69) is 15.6 Å². The van der Waals surface area contributed by atoms with Crippen molar-refractivity contribution in [3.8, 4) is 0 Å². The van der Waals surface area contributed by atoms with Gasteiger partial charge in [-0.25, -0.2) is 4.98 Å². The fourth-order valence-electron chi connectivity index (χ4n) is 4.78. The number of amides is 3. The number of ketones is 1. The molecule has 37 heavy (non-hydrogen) atoms. The van der Waals surface area contributed by atoms with Crippen LogP contribution in [0.1, 0.15) is 69.2 Å². The van der Waals surface area contributed by atoms with Crippen molar-refractivity contribution >= 4 is 29.2 Å². The number of hydrogen-bond acceptors (Lipinski definition) is 5. The van der Waals surface area contributed by atoms with Crippen molar-refractivity contribution in [2.75, 3.05) is 5.32 Å². The van der Waals surface area contributed by atoms with Crippen molar-refractivity contribution in [3.63, 3.8) is 0 Å². The van der Waals surface area contributed by atoms with Gasteiger partial charge in [-0.3, -0.25) is 19.2 Å². The Morgan fingerprint density at radius 2 is 1.73 bits per heavy atom. The zero-order valence-corrected chi connectivity index (χ0v) is 21.1. The molecule has 3 aromatic rings. The molecule has 1 unspecified atom stereocenters. The number of nitrogens with zero attached hydrogens (tertiary/aromatic N) is 3. The van der Waals surface area contributed by atoms with E-state index in [9.17, 15) is 19.2 Å². The number of hydrogen-bond donors (Lipinski definition) is 2. The Bertz CT molecular complexity index is 1390. The Hall–Kier alpha value is -4.27. The number of carbonyl (C=O) groups is 4. The first-order valence-electron chi connectivity index (χ1n) is 12.3. The number of aromatic nitrogens is 2. The van der Waals surface area contributed by atoms with Gasteiger partial charge in [-0.05, 0) is 63.4 Å². The molecule has 1 fully saturated rings. The first kappa shape index (κ1) is 24.4. The average Bonchev–Trinajstić information content (AvgIpc) is 3.61. The fraction of sp³-hybridized carbons (Fsp3) is 0.321. The number of rotatable bonds is 7. The lowest BCUT2D eigenvalue weighted by atomic mass is 9.93. The molecule has 190 valence electrons.